The number of aromatic nitrogens is 2. The number of carbonyl (C=O) groups is 1. The van der Waals surface area contributed by atoms with Gasteiger partial charge in [0.25, 0.3) is 0 Å². The van der Waals surface area contributed by atoms with Gasteiger partial charge in [-0.25, -0.2) is 4.98 Å². The molecule has 1 fully saturated rings. The topological polar surface area (TPSA) is 66.9 Å². The quantitative estimate of drug-likeness (QED) is 0.750. The van der Waals surface area contributed by atoms with Crippen LogP contribution in [0.5, 0.6) is 0 Å². The van der Waals surface area contributed by atoms with Gasteiger partial charge in [0.15, 0.2) is 0 Å². The summed E-state index contributed by atoms with van der Waals surface area (Å²) in [6.07, 6.45) is 4.26. The summed E-state index contributed by atoms with van der Waals surface area (Å²) in [5, 5.41) is 6.72. The number of anilines is 1. The lowest BCUT2D eigenvalue weighted by atomic mass is 10.4. The largest absolute Gasteiger partial charge is 0.360 e. The molecule has 2 rings (SSSR count). The molecule has 0 unspecified atom stereocenters. The van der Waals surface area contributed by atoms with Crippen LogP contribution >= 0.6 is 11.5 Å². The van der Waals surface area contributed by atoms with Crippen LogP contribution in [0.1, 0.15) is 19.3 Å². The smallest absolute Gasteiger partial charge is 0.221 e. The monoisotopic (exact) mass is 212 g/mol. The van der Waals surface area contributed by atoms with Crippen molar-refractivity contribution in [3.8, 4) is 0 Å². The Bertz CT molecular complexity index is 296. The van der Waals surface area contributed by atoms with E-state index in [2.05, 4.69) is 20.0 Å². The lowest BCUT2D eigenvalue weighted by molar-refractivity contribution is -0.120. The van der Waals surface area contributed by atoms with Crippen molar-refractivity contribution >= 4 is 22.6 Å². The molecule has 0 atom stereocenters. The molecule has 1 amide bonds. The molecule has 1 aliphatic carbocycles. The zero-order valence-corrected chi connectivity index (χ0v) is 8.51. The predicted molar refractivity (Wildman–Crippen MR) is 54.2 cm³/mol. The van der Waals surface area contributed by atoms with Gasteiger partial charge in [0.05, 0.1) is 0 Å². The number of hydrogen-bond acceptors (Lipinski definition) is 5. The van der Waals surface area contributed by atoms with Crippen molar-refractivity contribution in [1.29, 1.82) is 0 Å². The van der Waals surface area contributed by atoms with Crippen LogP contribution in [0.15, 0.2) is 6.33 Å². The van der Waals surface area contributed by atoms with Crippen molar-refractivity contribution in [2.75, 3.05) is 11.9 Å². The van der Waals surface area contributed by atoms with Crippen LogP contribution < -0.4 is 10.6 Å². The van der Waals surface area contributed by atoms with Crippen LogP contribution in [0.25, 0.3) is 0 Å². The summed E-state index contributed by atoms with van der Waals surface area (Å²) in [7, 11) is 0. The van der Waals surface area contributed by atoms with Crippen molar-refractivity contribution in [3.63, 3.8) is 0 Å². The highest BCUT2D eigenvalue weighted by atomic mass is 32.1. The van der Waals surface area contributed by atoms with Crippen molar-refractivity contribution in [1.82, 2.24) is 14.7 Å². The Balaban J connectivity index is 1.60. The summed E-state index contributed by atoms with van der Waals surface area (Å²) in [6.45, 7) is 0.619. The van der Waals surface area contributed by atoms with E-state index in [1.54, 1.807) is 0 Å². The second kappa shape index (κ2) is 4.36. The van der Waals surface area contributed by atoms with E-state index in [9.17, 15) is 4.79 Å². The molecule has 0 radical (unpaired) electrons. The third-order valence-corrected chi connectivity index (χ3v) is 2.55. The molecule has 0 aromatic carbocycles. The molecule has 1 saturated carbocycles. The maximum atomic E-state index is 11.2. The minimum absolute atomic E-state index is 0.115. The summed E-state index contributed by atoms with van der Waals surface area (Å²) < 4.78 is 3.85. The molecule has 1 aromatic rings. The Labute approximate surface area is 86.1 Å². The second-order valence-electron chi connectivity index (χ2n) is 3.26. The van der Waals surface area contributed by atoms with Crippen molar-refractivity contribution in [3.05, 3.63) is 6.33 Å². The molecule has 0 saturated heterocycles. The maximum absolute atomic E-state index is 11.2. The van der Waals surface area contributed by atoms with Gasteiger partial charge < -0.3 is 10.6 Å². The fourth-order valence-corrected chi connectivity index (χ4v) is 1.52. The number of hydrogen-bond donors (Lipinski definition) is 2. The molecular weight excluding hydrogens is 200 g/mol. The summed E-state index contributed by atoms with van der Waals surface area (Å²) in [6, 6.07) is 0.448. The molecule has 1 heterocycles. The molecule has 0 bridgehead atoms. The molecule has 14 heavy (non-hydrogen) atoms. The molecule has 0 spiro atoms. The Morgan fingerprint density at radius 1 is 1.64 bits per heavy atom. The first-order valence-electron chi connectivity index (χ1n) is 4.64. The van der Waals surface area contributed by atoms with E-state index in [1.807, 2.05) is 0 Å². The van der Waals surface area contributed by atoms with Crippen molar-refractivity contribution in [2.24, 2.45) is 0 Å². The highest BCUT2D eigenvalue weighted by molar-refractivity contribution is 7.09. The third kappa shape index (κ3) is 2.95. The van der Waals surface area contributed by atoms with Crippen molar-refractivity contribution in [2.45, 2.75) is 25.3 Å². The first kappa shape index (κ1) is 9.39. The lowest BCUT2D eigenvalue weighted by Crippen LogP contribution is -2.27. The number of carbonyl (C=O) groups excluding carboxylic acids is 1. The van der Waals surface area contributed by atoms with Crippen LogP contribution in [-0.4, -0.2) is 27.9 Å². The Morgan fingerprint density at radius 3 is 3.14 bits per heavy atom. The van der Waals surface area contributed by atoms with Gasteiger partial charge in [0, 0.05) is 30.5 Å². The molecule has 1 aliphatic rings. The van der Waals surface area contributed by atoms with Gasteiger partial charge in [-0.1, -0.05) is 0 Å². The van der Waals surface area contributed by atoms with Crippen LogP contribution in [0.3, 0.4) is 0 Å². The minimum Gasteiger partial charge on any atom is -0.360 e. The first-order valence-corrected chi connectivity index (χ1v) is 5.42. The average molecular weight is 212 g/mol. The SMILES string of the molecule is O=C(CCNc1ncns1)NC1CC1. The predicted octanol–water partition coefficient (Wildman–Crippen LogP) is 0.619. The summed E-state index contributed by atoms with van der Waals surface area (Å²) in [5.74, 6) is 0.115. The van der Waals surface area contributed by atoms with Gasteiger partial charge in [-0.15, -0.1) is 0 Å². The van der Waals surface area contributed by atoms with Crippen molar-refractivity contribution < 1.29 is 4.79 Å². The highest BCUT2D eigenvalue weighted by Gasteiger charge is 2.22. The van der Waals surface area contributed by atoms with Crippen LogP contribution in [-0.2, 0) is 4.79 Å². The van der Waals surface area contributed by atoms with Gasteiger partial charge in [-0.2, -0.15) is 4.37 Å². The van der Waals surface area contributed by atoms with E-state index >= 15 is 0 Å². The molecule has 5 nitrogen and oxygen atoms in total. The minimum atomic E-state index is 0.115. The maximum Gasteiger partial charge on any atom is 0.221 e. The van der Waals surface area contributed by atoms with Crippen LogP contribution in [0, 0.1) is 0 Å². The molecule has 6 heteroatoms. The third-order valence-electron chi connectivity index (χ3n) is 1.93. The molecule has 76 valence electrons. The van der Waals surface area contributed by atoms with Gasteiger partial charge in [-0.3, -0.25) is 4.79 Å². The number of amides is 1. The normalized spacial score (nSPS) is 15.1. The van der Waals surface area contributed by atoms with Crippen LogP contribution in [0.2, 0.25) is 0 Å². The fourth-order valence-electron chi connectivity index (χ4n) is 1.06. The fraction of sp³-hybridized carbons (Fsp3) is 0.625. The molecular formula is C8H12N4OS. The number of nitrogens with zero attached hydrogens (tertiary/aromatic N) is 2. The summed E-state index contributed by atoms with van der Waals surface area (Å²) in [5.41, 5.74) is 0. The molecule has 2 N–H and O–H groups in total. The zero-order chi connectivity index (χ0) is 9.80. The summed E-state index contributed by atoms with van der Waals surface area (Å²) >= 11 is 1.30. The van der Waals surface area contributed by atoms with E-state index in [4.69, 9.17) is 0 Å². The lowest BCUT2D eigenvalue weighted by Gasteiger charge is -2.03. The van der Waals surface area contributed by atoms with Gasteiger partial charge >= 0.3 is 0 Å². The Morgan fingerprint density at radius 2 is 2.50 bits per heavy atom. The van der Waals surface area contributed by atoms with Gasteiger partial charge in [-0.05, 0) is 12.8 Å². The Hall–Kier alpha value is -1.17. The van der Waals surface area contributed by atoms with Gasteiger partial charge in [0.2, 0.25) is 11.0 Å². The molecule has 1 aromatic heterocycles. The van der Waals surface area contributed by atoms with Gasteiger partial charge in [0.1, 0.15) is 6.33 Å². The van der Waals surface area contributed by atoms with E-state index in [-0.39, 0.29) is 5.91 Å². The molecule has 0 aliphatic heterocycles. The van der Waals surface area contributed by atoms with E-state index in [0.29, 0.717) is 19.0 Å². The average Bonchev–Trinajstić information content (AvgIpc) is 2.82. The number of rotatable bonds is 5. The van der Waals surface area contributed by atoms with Crippen LogP contribution in [0.4, 0.5) is 5.13 Å². The second-order valence-corrected chi connectivity index (χ2v) is 4.05. The summed E-state index contributed by atoms with van der Waals surface area (Å²) in [4.78, 5) is 15.2. The highest BCUT2D eigenvalue weighted by Crippen LogP contribution is 2.18. The van der Waals surface area contributed by atoms with E-state index in [1.165, 1.54) is 17.9 Å². The Kier molecular flexibility index (Phi) is 2.93. The van der Waals surface area contributed by atoms with E-state index in [0.717, 1.165) is 18.0 Å². The number of nitrogens with one attached hydrogen (secondary N) is 2. The zero-order valence-electron chi connectivity index (χ0n) is 7.69. The standard InChI is InChI=1S/C8H12N4OS/c13-7(12-6-1-2-6)3-4-9-8-10-5-11-14-8/h5-6H,1-4H2,(H,12,13)(H,9,10,11). The van der Waals surface area contributed by atoms with E-state index < -0.39 is 0 Å². The first-order chi connectivity index (χ1) is 6.84.